The maximum Gasteiger partial charge on any atom is 0.0827 e. The Kier molecular flexibility index (Phi) is 3.58. The van der Waals surface area contributed by atoms with Crippen LogP contribution < -0.4 is 0 Å². The molecule has 0 bridgehead atoms. The molecule has 0 aromatic rings. The van der Waals surface area contributed by atoms with Gasteiger partial charge in [-0.25, -0.2) is 0 Å². The van der Waals surface area contributed by atoms with Gasteiger partial charge >= 0.3 is 0 Å². The lowest BCUT2D eigenvalue weighted by atomic mass is 9.74. The van der Waals surface area contributed by atoms with Crippen molar-refractivity contribution in [3.8, 4) is 0 Å². The van der Waals surface area contributed by atoms with Gasteiger partial charge in [0.1, 0.15) is 0 Å². The molecule has 2 aliphatic rings. The van der Waals surface area contributed by atoms with Gasteiger partial charge in [0, 0.05) is 11.0 Å². The van der Waals surface area contributed by atoms with E-state index in [9.17, 15) is 10.2 Å². The van der Waals surface area contributed by atoms with Crippen LogP contribution in [0.15, 0.2) is 0 Å². The molecule has 3 unspecified atom stereocenters. The van der Waals surface area contributed by atoms with Crippen molar-refractivity contribution in [3.05, 3.63) is 0 Å². The van der Waals surface area contributed by atoms with Crippen molar-refractivity contribution in [2.75, 3.05) is 5.75 Å². The van der Waals surface area contributed by atoms with Gasteiger partial charge in [0.25, 0.3) is 0 Å². The molecule has 0 aromatic carbocycles. The molecule has 3 atom stereocenters. The van der Waals surface area contributed by atoms with Gasteiger partial charge in [-0.15, -0.1) is 0 Å². The normalized spacial score (nSPS) is 40.1. The van der Waals surface area contributed by atoms with Gasteiger partial charge < -0.3 is 10.2 Å². The molecule has 2 rings (SSSR count). The van der Waals surface area contributed by atoms with Gasteiger partial charge in [0.2, 0.25) is 0 Å². The largest absolute Gasteiger partial charge is 0.390 e. The monoisotopic (exact) mass is 244 g/mol. The first kappa shape index (κ1) is 12.7. The van der Waals surface area contributed by atoms with E-state index in [1.807, 2.05) is 18.7 Å². The van der Waals surface area contributed by atoms with Gasteiger partial charge in [0.05, 0.1) is 11.2 Å². The average Bonchev–Trinajstić information content (AvgIpc) is 2.25. The molecule has 0 radical (unpaired) electrons. The minimum Gasteiger partial charge on any atom is -0.390 e. The zero-order valence-electron chi connectivity index (χ0n) is 10.4. The molecule has 1 saturated heterocycles. The van der Waals surface area contributed by atoms with Gasteiger partial charge in [0.15, 0.2) is 0 Å². The van der Waals surface area contributed by atoms with Crippen molar-refractivity contribution >= 4 is 11.8 Å². The first-order chi connectivity index (χ1) is 7.44. The van der Waals surface area contributed by atoms with E-state index >= 15 is 0 Å². The summed E-state index contributed by atoms with van der Waals surface area (Å²) < 4.78 is 0. The van der Waals surface area contributed by atoms with Crippen molar-refractivity contribution in [1.29, 1.82) is 0 Å². The Morgan fingerprint density at radius 3 is 2.31 bits per heavy atom. The maximum absolute atomic E-state index is 10.6. The molecule has 0 spiro atoms. The molecule has 3 heteroatoms. The van der Waals surface area contributed by atoms with E-state index in [-0.39, 0.29) is 0 Å². The molecule has 0 aromatic heterocycles. The molecule has 1 aliphatic heterocycles. The molecule has 1 heterocycles. The summed E-state index contributed by atoms with van der Waals surface area (Å²) >= 11 is 1.84. The van der Waals surface area contributed by atoms with E-state index in [1.54, 1.807) is 0 Å². The van der Waals surface area contributed by atoms with Crippen molar-refractivity contribution in [2.24, 2.45) is 5.92 Å². The number of rotatable bonds is 3. The first-order valence-corrected chi connectivity index (χ1v) is 7.55. The van der Waals surface area contributed by atoms with Crippen molar-refractivity contribution in [2.45, 2.75) is 68.8 Å². The highest BCUT2D eigenvalue weighted by Crippen LogP contribution is 2.45. The van der Waals surface area contributed by atoms with Crippen LogP contribution >= 0.6 is 11.8 Å². The Balaban J connectivity index is 1.89. The maximum atomic E-state index is 10.6. The van der Waals surface area contributed by atoms with Gasteiger partial charge in [-0.1, -0.05) is 26.2 Å². The molecule has 2 nitrogen and oxygen atoms in total. The minimum atomic E-state index is -0.496. The molecule has 94 valence electrons. The quantitative estimate of drug-likeness (QED) is 0.801. The summed E-state index contributed by atoms with van der Waals surface area (Å²) in [6, 6.07) is 0. The lowest BCUT2D eigenvalue weighted by Gasteiger charge is -2.46. The van der Waals surface area contributed by atoms with Crippen LogP contribution in [-0.2, 0) is 0 Å². The topological polar surface area (TPSA) is 40.5 Å². The lowest BCUT2D eigenvalue weighted by Crippen LogP contribution is -2.51. The fourth-order valence-corrected chi connectivity index (χ4v) is 4.27. The van der Waals surface area contributed by atoms with Gasteiger partial charge in [-0.2, -0.15) is 11.8 Å². The second-order valence-electron chi connectivity index (χ2n) is 5.96. The summed E-state index contributed by atoms with van der Waals surface area (Å²) in [6.07, 6.45) is 6.45. The Bertz CT molecular complexity index is 246. The first-order valence-electron chi connectivity index (χ1n) is 6.50. The Labute approximate surface area is 103 Å². The summed E-state index contributed by atoms with van der Waals surface area (Å²) in [5.74, 6) is 1.17. The van der Waals surface area contributed by atoms with Crippen LogP contribution in [0.25, 0.3) is 0 Å². The van der Waals surface area contributed by atoms with E-state index in [0.29, 0.717) is 11.2 Å². The number of hydrogen-bond acceptors (Lipinski definition) is 3. The van der Waals surface area contributed by atoms with Crippen molar-refractivity contribution < 1.29 is 10.2 Å². The van der Waals surface area contributed by atoms with Crippen LogP contribution in [0.4, 0.5) is 0 Å². The third-order valence-electron chi connectivity index (χ3n) is 4.47. The zero-order chi connectivity index (χ0) is 11.8. The van der Waals surface area contributed by atoms with Crippen LogP contribution in [0.5, 0.6) is 0 Å². The highest BCUT2D eigenvalue weighted by Gasteiger charge is 2.45. The van der Waals surface area contributed by atoms with E-state index in [0.717, 1.165) is 37.9 Å². The third-order valence-corrected chi connectivity index (χ3v) is 6.33. The van der Waals surface area contributed by atoms with E-state index in [1.165, 1.54) is 6.42 Å². The molecule has 16 heavy (non-hydrogen) atoms. The summed E-state index contributed by atoms with van der Waals surface area (Å²) in [4.78, 5) is 0. The van der Waals surface area contributed by atoms with Gasteiger partial charge in [-0.05, 0) is 32.1 Å². The number of aliphatic hydroxyl groups is 2. The second kappa shape index (κ2) is 4.51. The van der Waals surface area contributed by atoms with E-state index in [4.69, 9.17) is 0 Å². The average molecular weight is 244 g/mol. The molecule has 1 saturated carbocycles. The number of hydrogen-bond donors (Lipinski definition) is 2. The molecular weight excluding hydrogens is 220 g/mol. The van der Waals surface area contributed by atoms with Crippen LogP contribution in [0.1, 0.15) is 52.4 Å². The highest BCUT2D eigenvalue weighted by molar-refractivity contribution is 8.01. The fraction of sp³-hybridized carbons (Fsp3) is 1.00. The highest BCUT2D eigenvalue weighted by atomic mass is 32.2. The molecule has 1 aliphatic carbocycles. The number of thioether (sulfide) groups is 1. The molecular formula is C13H24O2S. The van der Waals surface area contributed by atoms with E-state index < -0.39 is 11.2 Å². The minimum absolute atomic E-state index is 0.317. The van der Waals surface area contributed by atoms with Gasteiger partial charge in [-0.3, -0.25) is 0 Å². The Hall–Kier alpha value is 0.270. The summed E-state index contributed by atoms with van der Waals surface area (Å²) in [5, 5.41) is 20.9. The summed E-state index contributed by atoms with van der Waals surface area (Å²) in [6.45, 7) is 4.08. The van der Waals surface area contributed by atoms with Crippen LogP contribution in [-0.4, -0.2) is 32.4 Å². The summed E-state index contributed by atoms with van der Waals surface area (Å²) in [7, 11) is 0. The van der Waals surface area contributed by atoms with Crippen molar-refractivity contribution in [1.82, 2.24) is 0 Å². The fourth-order valence-electron chi connectivity index (χ4n) is 2.96. The Morgan fingerprint density at radius 2 is 1.88 bits per heavy atom. The third kappa shape index (κ3) is 2.41. The molecule has 0 amide bonds. The lowest BCUT2D eigenvalue weighted by molar-refractivity contribution is -0.0529. The SMILES string of the molecule is CC(CC1SCC1(C)O)C1(O)CCCCC1. The second-order valence-corrected chi connectivity index (χ2v) is 7.15. The Morgan fingerprint density at radius 1 is 1.25 bits per heavy atom. The van der Waals surface area contributed by atoms with E-state index in [2.05, 4.69) is 6.92 Å². The summed E-state index contributed by atoms with van der Waals surface area (Å²) in [5.41, 5.74) is -0.950. The van der Waals surface area contributed by atoms with Crippen molar-refractivity contribution in [3.63, 3.8) is 0 Å². The standard InChI is InChI=1S/C13H24O2S/c1-10(8-11-12(2,14)9-16-11)13(15)6-4-3-5-7-13/h10-11,14-15H,3-9H2,1-2H3. The smallest absolute Gasteiger partial charge is 0.0827 e. The van der Waals surface area contributed by atoms with Crippen LogP contribution in [0.3, 0.4) is 0 Å². The van der Waals surface area contributed by atoms with Crippen LogP contribution in [0, 0.1) is 5.92 Å². The predicted molar refractivity (Wildman–Crippen MR) is 68.7 cm³/mol. The predicted octanol–water partition coefficient (Wildman–Crippen LogP) is 2.57. The molecule has 2 fully saturated rings. The zero-order valence-corrected chi connectivity index (χ0v) is 11.2. The van der Waals surface area contributed by atoms with Crippen LogP contribution in [0.2, 0.25) is 0 Å². The molecule has 2 N–H and O–H groups in total.